The predicted molar refractivity (Wildman–Crippen MR) is 64.0 cm³/mol. The van der Waals surface area contributed by atoms with Gasteiger partial charge in [-0.15, -0.1) is 0 Å². The zero-order chi connectivity index (χ0) is 11.8. The van der Waals surface area contributed by atoms with E-state index in [0.29, 0.717) is 19.5 Å². The van der Waals surface area contributed by atoms with Crippen molar-refractivity contribution in [1.82, 2.24) is 15.5 Å². The topological polar surface area (TPSA) is 96.4 Å². The molecule has 0 bridgehead atoms. The quantitative estimate of drug-likeness (QED) is 0.351. The maximum atomic E-state index is 11.4. The number of likely N-dealkylation sites (tertiary alicyclic amines) is 1. The molecule has 0 aromatic rings. The molecule has 1 rings (SSSR count). The lowest BCUT2D eigenvalue weighted by Crippen LogP contribution is -2.37. The van der Waals surface area contributed by atoms with E-state index in [2.05, 4.69) is 10.6 Å². The van der Waals surface area contributed by atoms with Crippen LogP contribution in [0, 0.1) is 0 Å². The number of amides is 1. The maximum absolute atomic E-state index is 11.4. The van der Waals surface area contributed by atoms with Crippen molar-refractivity contribution in [3.8, 4) is 0 Å². The summed E-state index contributed by atoms with van der Waals surface area (Å²) in [6.45, 7) is 5.60. The average molecular weight is 229 g/mol. The van der Waals surface area contributed by atoms with E-state index in [-0.39, 0.29) is 11.9 Å². The average Bonchev–Trinajstić information content (AvgIpc) is 2.56. The summed E-state index contributed by atoms with van der Waals surface area (Å²) in [4.78, 5) is 13.2. The van der Waals surface area contributed by atoms with E-state index >= 15 is 0 Å². The number of carbonyl (C=O) groups is 1. The van der Waals surface area contributed by atoms with Gasteiger partial charge >= 0.3 is 0 Å². The summed E-state index contributed by atoms with van der Waals surface area (Å²) >= 11 is 0. The highest BCUT2D eigenvalue weighted by atomic mass is 16.2. The third-order valence-corrected chi connectivity index (χ3v) is 2.60. The molecule has 6 heteroatoms. The third kappa shape index (κ3) is 4.89. The fraction of sp³-hybridized carbons (Fsp3) is 0.900. The molecule has 94 valence electrons. The second-order valence-electron chi connectivity index (χ2n) is 4.09. The molecule has 1 fully saturated rings. The summed E-state index contributed by atoms with van der Waals surface area (Å²) in [5.74, 6) is 0.176. The molecule has 0 radical (unpaired) electrons. The first-order valence-electron chi connectivity index (χ1n) is 5.89. The van der Waals surface area contributed by atoms with Crippen LogP contribution in [0.25, 0.3) is 0 Å². The second kappa shape index (κ2) is 7.56. The van der Waals surface area contributed by atoms with E-state index in [1.807, 2.05) is 4.90 Å². The summed E-state index contributed by atoms with van der Waals surface area (Å²) in [6.07, 6.45) is 0.498. The number of rotatable bonds is 8. The Morgan fingerprint density at radius 3 is 2.50 bits per heavy atom. The highest BCUT2D eigenvalue weighted by Crippen LogP contribution is 2.07. The summed E-state index contributed by atoms with van der Waals surface area (Å²) in [6, 6.07) is 0.0266. The minimum Gasteiger partial charge on any atom is -0.340 e. The van der Waals surface area contributed by atoms with Crippen LogP contribution in [-0.4, -0.2) is 62.7 Å². The van der Waals surface area contributed by atoms with E-state index in [1.165, 1.54) is 0 Å². The van der Waals surface area contributed by atoms with Crippen molar-refractivity contribution in [1.29, 1.82) is 0 Å². The first kappa shape index (κ1) is 13.4. The molecule has 0 saturated carbocycles. The van der Waals surface area contributed by atoms with Gasteiger partial charge in [-0.1, -0.05) is 0 Å². The van der Waals surface area contributed by atoms with Crippen molar-refractivity contribution < 1.29 is 4.79 Å². The predicted octanol–water partition coefficient (Wildman–Crippen LogP) is -2.32. The van der Waals surface area contributed by atoms with Crippen LogP contribution in [0.2, 0.25) is 0 Å². The molecule has 1 aliphatic rings. The van der Waals surface area contributed by atoms with Crippen molar-refractivity contribution in [3.63, 3.8) is 0 Å². The van der Waals surface area contributed by atoms with E-state index < -0.39 is 0 Å². The molecule has 1 heterocycles. The number of hydrogen-bond donors (Lipinski definition) is 4. The van der Waals surface area contributed by atoms with Crippen LogP contribution in [0.3, 0.4) is 0 Å². The molecule has 1 aliphatic heterocycles. The Hall–Kier alpha value is -0.690. The molecule has 1 amide bonds. The van der Waals surface area contributed by atoms with E-state index in [1.54, 1.807) is 0 Å². The molecule has 6 nitrogen and oxygen atoms in total. The lowest BCUT2D eigenvalue weighted by Gasteiger charge is -2.16. The first-order valence-corrected chi connectivity index (χ1v) is 5.89. The summed E-state index contributed by atoms with van der Waals surface area (Å²) in [5, 5.41) is 6.46. The molecule has 0 aromatic carbocycles. The van der Waals surface area contributed by atoms with Crippen LogP contribution in [0.4, 0.5) is 0 Å². The zero-order valence-corrected chi connectivity index (χ0v) is 9.74. The molecule has 0 spiro atoms. The van der Waals surface area contributed by atoms with Gasteiger partial charge < -0.3 is 27.0 Å². The van der Waals surface area contributed by atoms with Crippen molar-refractivity contribution in [2.45, 2.75) is 12.5 Å². The molecule has 6 N–H and O–H groups in total. The Balaban J connectivity index is 1.93. The Bertz CT molecular complexity index is 211. The van der Waals surface area contributed by atoms with Gasteiger partial charge in [-0.3, -0.25) is 4.79 Å². The van der Waals surface area contributed by atoms with Crippen LogP contribution in [0.5, 0.6) is 0 Å². The number of nitrogens with two attached hydrogens (primary N) is 2. The van der Waals surface area contributed by atoms with Crippen LogP contribution in [-0.2, 0) is 4.79 Å². The molecule has 1 atom stereocenters. The van der Waals surface area contributed by atoms with Crippen LogP contribution < -0.4 is 22.1 Å². The first-order chi connectivity index (χ1) is 7.74. The molecule has 16 heavy (non-hydrogen) atoms. The van der Waals surface area contributed by atoms with Gasteiger partial charge in [0.25, 0.3) is 0 Å². The van der Waals surface area contributed by atoms with E-state index in [0.717, 1.165) is 32.7 Å². The highest BCUT2D eigenvalue weighted by Gasteiger charge is 2.25. The summed E-state index contributed by atoms with van der Waals surface area (Å²) < 4.78 is 0. The SMILES string of the molecule is NCCNCCNCCN1CC(N)CC1=O. The van der Waals surface area contributed by atoms with Gasteiger partial charge in [-0.2, -0.15) is 0 Å². The van der Waals surface area contributed by atoms with Crippen molar-refractivity contribution in [3.05, 3.63) is 0 Å². The third-order valence-electron chi connectivity index (χ3n) is 2.60. The van der Waals surface area contributed by atoms with Crippen molar-refractivity contribution in [2.24, 2.45) is 11.5 Å². The van der Waals surface area contributed by atoms with Gasteiger partial charge in [-0.25, -0.2) is 0 Å². The van der Waals surface area contributed by atoms with E-state index in [9.17, 15) is 4.79 Å². The van der Waals surface area contributed by atoms with Crippen molar-refractivity contribution in [2.75, 3.05) is 45.8 Å². The van der Waals surface area contributed by atoms with Gasteiger partial charge in [0.15, 0.2) is 0 Å². The van der Waals surface area contributed by atoms with Crippen molar-refractivity contribution >= 4 is 5.91 Å². The Kier molecular flexibility index (Phi) is 6.32. The van der Waals surface area contributed by atoms with Gasteiger partial charge in [0.05, 0.1) is 0 Å². The minimum absolute atomic E-state index is 0.0266. The largest absolute Gasteiger partial charge is 0.340 e. The number of nitrogens with one attached hydrogen (secondary N) is 2. The summed E-state index contributed by atoms with van der Waals surface area (Å²) in [5.41, 5.74) is 11.0. The monoisotopic (exact) mass is 229 g/mol. The van der Waals surface area contributed by atoms with Crippen LogP contribution in [0.15, 0.2) is 0 Å². The van der Waals surface area contributed by atoms with Gasteiger partial charge in [0.2, 0.25) is 5.91 Å². The smallest absolute Gasteiger partial charge is 0.224 e. The lowest BCUT2D eigenvalue weighted by atomic mass is 10.3. The fourth-order valence-corrected chi connectivity index (χ4v) is 1.76. The Morgan fingerprint density at radius 1 is 1.25 bits per heavy atom. The normalized spacial score (nSPS) is 20.8. The van der Waals surface area contributed by atoms with E-state index in [4.69, 9.17) is 11.5 Å². The summed E-state index contributed by atoms with van der Waals surface area (Å²) in [7, 11) is 0. The molecule has 1 saturated heterocycles. The van der Waals surface area contributed by atoms with Gasteiger partial charge in [0, 0.05) is 58.3 Å². The second-order valence-corrected chi connectivity index (χ2v) is 4.09. The highest BCUT2D eigenvalue weighted by molar-refractivity contribution is 5.79. The number of carbonyl (C=O) groups excluding carboxylic acids is 1. The van der Waals surface area contributed by atoms with Crippen LogP contribution >= 0.6 is 0 Å². The molecular formula is C10H23N5O. The molecular weight excluding hydrogens is 206 g/mol. The molecule has 0 aromatic heterocycles. The lowest BCUT2D eigenvalue weighted by molar-refractivity contribution is -0.127. The molecule has 1 unspecified atom stereocenters. The van der Waals surface area contributed by atoms with Gasteiger partial charge in [-0.05, 0) is 0 Å². The molecule has 0 aliphatic carbocycles. The standard InChI is InChI=1S/C10H23N5O/c11-1-2-13-3-4-14-5-6-15-8-9(12)7-10(15)16/h9,13-14H,1-8,11-12H2. The maximum Gasteiger partial charge on any atom is 0.224 e. The zero-order valence-electron chi connectivity index (χ0n) is 9.74. The minimum atomic E-state index is 0.0266. The Labute approximate surface area is 96.7 Å². The van der Waals surface area contributed by atoms with Crippen LogP contribution in [0.1, 0.15) is 6.42 Å². The number of nitrogens with zero attached hydrogens (tertiary/aromatic N) is 1. The Morgan fingerprint density at radius 2 is 1.94 bits per heavy atom. The number of hydrogen-bond acceptors (Lipinski definition) is 5. The fourth-order valence-electron chi connectivity index (χ4n) is 1.76. The van der Waals surface area contributed by atoms with Gasteiger partial charge in [0.1, 0.15) is 0 Å².